The predicted octanol–water partition coefficient (Wildman–Crippen LogP) is 1.94. The van der Waals surface area contributed by atoms with Crippen molar-refractivity contribution in [2.45, 2.75) is 5.92 Å². The Kier molecular flexibility index (Phi) is 3.68. The largest absolute Gasteiger partial charge is 0.304 e. The second-order valence-corrected chi connectivity index (χ2v) is 4.72. The molecule has 1 atom stereocenters. The van der Waals surface area contributed by atoms with Gasteiger partial charge in [0.05, 0.1) is 0 Å². The van der Waals surface area contributed by atoms with Crippen molar-refractivity contribution in [1.29, 1.82) is 0 Å². The molecule has 94 valence electrons. The van der Waals surface area contributed by atoms with Crippen LogP contribution >= 0.6 is 23.4 Å². The zero-order valence-electron chi connectivity index (χ0n) is 9.24. The first kappa shape index (κ1) is 13.0. The SMILES string of the molecule is CSC1=NC(=O)C(c2c(F)cccc2Cl)C(=O)N1. The Bertz CT molecular complexity index is 542. The zero-order valence-corrected chi connectivity index (χ0v) is 10.8. The van der Waals surface area contributed by atoms with Gasteiger partial charge in [0.1, 0.15) is 11.7 Å². The number of amides is 2. The molecule has 0 fully saturated rings. The maximum atomic E-state index is 13.7. The Balaban J connectivity index is 2.49. The lowest BCUT2D eigenvalue weighted by molar-refractivity contribution is -0.129. The summed E-state index contributed by atoms with van der Waals surface area (Å²) in [6, 6.07) is 3.98. The quantitative estimate of drug-likeness (QED) is 0.803. The normalized spacial score (nSPS) is 19.5. The summed E-state index contributed by atoms with van der Waals surface area (Å²) in [5.41, 5.74) is -0.134. The van der Waals surface area contributed by atoms with Crippen LogP contribution in [0.3, 0.4) is 0 Å². The van der Waals surface area contributed by atoms with Crippen LogP contribution in [-0.4, -0.2) is 23.2 Å². The highest BCUT2D eigenvalue weighted by Gasteiger charge is 2.36. The molecule has 1 N–H and O–H groups in total. The topological polar surface area (TPSA) is 58.5 Å². The molecule has 7 heteroatoms. The molecule has 1 aliphatic heterocycles. The number of rotatable bonds is 1. The van der Waals surface area contributed by atoms with Crippen molar-refractivity contribution in [3.8, 4) is 0 Å². The minimum atomic E-state index is -1.32. The van der Waals surface area contributed by atoms with Gasteiger partial charge in [-0.3, -0.25) is 9.59 Å². The summed E-state index contributed by atoms with van der Waals surface area (Å²) < 4.78 is 13.7. The van der Waals surface area contributed by atoms with Crippen molar-refractivity contribution < 1.29 is 14.0 Å². The standard InChI is InChI=1S/C11H8ClFN2O2S/c1-18-11-14-9(16)8(10(17)15-11)7-5(12)3-2-4-6(7)13/h2-4,8H,1H3,(H,14,15,16,17). The fourth-order valence-electron chi connectivity index (χ4n) is 1.62. The maximum Gasteiger partial charge on any atom is 0.265 e. The Labute approximate surface area is 112 Å². The van der Waals surface area contributed by atoms with Gasteiger partial charge in [0.15, 0.2) is 5.17 Å². The van der Waals surface area contributed by atoms with Gasteiger partial charge in [-0.05, 0) is 18.4 Å². The van der Waals surface area contributed by atoms with Crippen LogP contribution in [0.5, 0.6) is 0 Å². The monoisotopic (exact) mass is 286 g/mol. The third kappa shape index (κ3) is 2.26. The van der Waals surface area contributed by atoms with Crippen LogP contribution in [0.1, 0.15) is 11.5 Å². The van der Waals surface area contributed by atoms with E-state index in [2.05, 4.69) is 10.3 Å². The van der Waals surface area contributed by atoms with Gasteiger partial charge in [-0.15, -0.1) is 0 Å². The first-order valence-corrected chi connectivity index (χ1v) is 6.56. The van der Waals surface area contributed by atoms with E-state index in [9.17, 15) is 14.0 Å². The Hall–Kier alpha value is -1.40. The fraction of sp³-hybridized carbons (Fsp3) is 0.182. The average Bonchev–Trinajstić information content (AvgIpc) is 2.31. The fourth-order valence-corrected chi connectivity index (χ4v) is 2.28. The second kappa shape index (κ2) is 5.07. The lowest BCUT2D eigenvalue weighted by Crippen LogP contribution is -2.41. The Morgan fingerprint density at radius 2 is 2.17 bits per heavy atom. The van der Waals surface area contributed by atoms with Crippen molar-refractivity contribution in [2.75, 3.05) is 6.26 Å². The molecule has 18 heavy (non-hydrogen) atoms. The van der Waals surface area contributed by atoms with E-state index in [1.54, 1.807) is 6.26 Å². The average molecular weight is 287 g/mol. The van der Waals surface area contributed by atoms with E-state index in [1.165, 1.54) is 12.1 Å². The van der Waals surface area contributed by atoms with Crippen LogP contribution < -0.4 is 5.32 Å². The summed E-state index contributed by atoms with van der Waals surface area (Å²) >= 11 is 6.97. The number of hydrogen-bond acceptors (Lipinski definition) is 3. The summed E-state index contributed by atoms with van der Waals surface area (Å²) in [5.74, 6) is -3.35. The number of benzene rings is 1. The summed E-state index contributed by atoms with van der Waals surface area (Å²) in [6.07, 6.45) is 1.67. The van der Waals surface area contributed by atoms with Crippen molar-refractivity contribution >= 4 is 40.3 Å². The van der Waals surface area contributed by atoms with Gasteiger partial charge < -0.3 is 5.32 Å². The molecule has 2 rings (SSSR count). The number of halogens is 2. The molecule has 0 aliphatic carbocycles. The summed E-state index contributed by atoms with van der Waals surface area (Å²) in [5, 5.41) is 2.66. The number of carbonyl (C=O) groups excluding carboxylic acids is 2. The van der Waals surface area contributed by atoms with Crippen LogP contribution in [0.25, 0.3) is 0 Å². The Morgan fingerprint density at radius 1 is 1.44 bits per heavy atom. The molecule has 0 aromatic heterocycles. The van der Waals surface area contributed by atoms with Crippen molar-refractivity contribution in [2.24, 2.45) is 4.99 Å². The molecule has 0 saturated carbocycles. The number of amidine groups is 1. The van der Waals surface area contributed by atoms with Crippen LogP contribution in [0, 0.1) is 5.82 Å². The van der Waals surface area contributed by atoms with E-state index in [0.29, 0.717) is 0 Å². The van der Waals surface area contributed by atoms with E-state index in [4.69, 9.17) is 11.6 Å². The smallest absolute Gasteiger partial charge is 0.265 e. The molecule has 0 radical (unpaired) electrons. The van der Waals surface area contributed by atoms with Gasteiger partial charge in [0.25, 0.3) is 5.91 Å². The molecule has 0 bridgehead atoms. The minimum absolute atomic E-state index is 0.0336. The van der Waals surface area contributed by atoms with Gasteiger partial charge in [0.2, 0.25) is 5.91 Å². The van der Waals surface area contributed by atoms with Crippen LogP contribution in [0.2, 0.25) is 5.02 Å². The van der Waals surface area contributed by atoms with Crippen LogP contribution in [0.4, 0.5) is 4.39 Å². The first-order chi connectivity index (χ1) is 8.54. The summed E-state index contributed by atoms with van der Waals surface area (Å²) in [7, 11) is 0. The van der Waals surface area contributed by atoms with Crippen molar-refractivity contribution in [1.82, 2.24) is 5.32 Å². The van der Waals surface area contributed by atoms with Gasteiger partial charge >= 0.3 is 0 Å². The van der Waals surface area contributed by atoms with E-state index in [-0.39, 0.29) is 15.8 Å². The van der Waals surface area contributed by atoms with Gasteiger partial charge in [-0.2, -0.15) is 4.99 Å². The lowest BCUT2D eigenvalue weighted by Gasteiger charge is -2.20. The van der Waals surface area contributed by atoms with E-state index < -0.39 is 23.5 Å². The van der Waals surface area contributed by atoms with Crippen LogP contribution in [0.15, 0.2) is 23.2 Å². The highest BCUT2D eigenvalue weighted by Crippen LogP contribution is 2.30. The molecular weight excluding hydrogens is 279 g/mol. The van der Waals surface area contributed by atoms with Crippen LogP contribution in [-0.2, 0) is 9.59 Å². The number of nitrogens with one attached hydrogen (secondary N) is 1. The second-order valence-electron chi connectivity index (χ2n) is 3.52. The highest BCUT2D eigenvalue weighted by molar-refractivity contribution is 8.13. The number of carbonyl (C=O) groups is 2. The molecule has 2 amide bonds. The highest BCUT2D eigenvalue weighted by atomic mass is 35.5. The molecule has 1 aliphatic rings. The number of hydrogen-bond donors (Lipinski definition) is 1. The number of aliphatic imine (C=N–C) groups is 1. The minimum Gasteiger partial charge on any atom is -0.304 e. The molecule has 4 nitrogen and oxygen atoms in total. The molecule has 0 saturated heterocycles. The lowest BCUT2D eigenvalue weighted by atomic mass is 9.96. The maximum absolute atomic E-state index is 13.7. The van der Waals surface area contributed by atoms with Crippen molar-refractivity contribution in [3.05, 3.63) is 34.6 Å². The zero-order chi connectivity index (χ0) is 13.3. The number of nitrogens with zero attached hydrogens (tertiary/aromatic N) is 1. The summed E-state index contributed by atoms with van der Waals surface area (Å²) in [6.45, 7) is 0. The molecular formula is C11H8ClFN2O2S. The number of thioether (sulfide) groups is 1. The molecule has 1 aromatic rings. The van der Waals surface area contributed by atoms with E-state index in [0.717, 1.165) is 17.8 Å². The van der Waals surface area contributed by atoms with E-state index >= 15 is 0 Å². The van der Waals surface area contributed by atoms with Gasteiger partial charge in [-0.1, -0.05) is 29.4 Å². The van der Waals surface area contributed by atoms with Gasteiger partial charge in [0, 0.05) is 10.6 Å². The molecule has 1 unspecified atom stereocenters. The van der Waals surface area contributed by atoms with Crippen molar-refractivity contribution in [3.63, 3.8) is 0 Å². The predicted molar refractivity (Wildman–Crippen MR) is 68.3 cm³/mol. The molecule has 1 heterocycles. The third-order valence-corrected chi connectivity index (χ3v) is 3.34. The first-order valence-electron chi connectivity index (χ1n) is 4.96. The molecule has 0 spiro atoms. The van der Waals surface area contributed by atoms with Gasteiger partial charge in [-0.25, -0.2) is 4.39 Å². The molecule has 1 aromatic carbocycles. The summed E-state index contributed by atoms with van der Waals surface area (Å²) in [4.78, 5) is 27.3. The van der Waals surface area contributed by atoms with E-state index in [1.807, 2.05) is 0 Å². The third-order valence-electron chi connectivity index (χ3n) is 2.43. The Morgan fingerprint density at radius 3 is 2.72 bits per heavy atom.